The van der Waals surface area contributed by atoms with Crippen molar-refractivity contribution in [3.8, 4) is 0 Å². The van der Waals surface area contributed by atoms with Gasteiger partial charge in [-0.2, -0.15) is 0 Å². The molecular weight excluding hydrogens is 250 g/mol. The Bertz CT molecular complexity index is 465. The first-order valence-corrected chi connectivity index (χ1v) is 7.63. The molecule has 0 saturated carbocycles. The Balaban J connectivity index is 1.66. The lowest BCUT2D eigenvalue weighted by Crippen LogP contribution is -2.44. The first-order valence-electron chi connectivity index (χ1n) is 7.63. The number of likely N-dealkylation sites (tertiary alicyclic amines) is 1. The summed E-state index contributed by atoms with van der Waals surface area (Å²) in [6.07, 6.45) is 4.45. The summed E-state index contributed by atoms with van der Waals surface area (Å²) in [6, 6.07) is 7.97. The molecule has 3 rings (SSSR count). The maximum absolute atomic E-state index is 12.5. The molecule has 2 N–H and O–H groups in total. The van der Waals surface area contributed by atoms with Gasteiger partial charge in [-0.1, -0.05) is 0 Å². The predicted octanol–water partition coefficient (Wildman–Crippen LogP) is 2.11. The van der Waals surface area contributed by atoms with E-state index < -0.39 is 0 Å². The Hall–Kier alpha value is -1.71. The van der Waals surface area contributed by atoms with Crippen LogP contribution in [0.4, 0.5) is 11.4 Å². The van der Waals surface area contributed by atoms with Crippen LogP contribution in [0, 0.1) is 5.92 Å². The van der Waals surface area contributed by atoms with Gasteiger partial charge in [-0.3, -0.25) is 4.79 Å². The molecule has 0 aromatic heterocycles. The van der Waals surface area contributed by atoms with E-state index in [1.165, 1.54) is 18.5 Å². The lowest BCUT2D eigenvalue weighted by atomic mass is 9.96. The fraction of sp³-hybridized carbons (Fsp3) is 0.562. The van der Waals surface area contributed by atoms with Gasteiger partial charge in [0.15, 0.2) is 0 Å². The molecule has 0 aliphatic carbocycles. The summed E-state index contributed by atoms with van der Waals surface area (Å²) in [5, 5.41) is 0. The number of hydrogen-bond donors (Lipinski definition) is 1. The van der Waals surface area contributed by atoms with Crippen molar-refractivity contribution in [3.05, 3.63) is 24.3 Å². The third kappa shape index (κ3) is 2.74. The van der Waals surface area contributed by atoms with Gasteiger partial charge < -0.3 is 15.5 Å². The molecular formula is C16H23N3O. The molecule has 0 bridgehead atoms. The molecule has 1 aromatic carbocycles. The largest absolute Gasteiger partial charge is 0.399 e. The van der Waals surface area contributed by atoms with Gasteiger partial charge in [-0.15, -0.1) is 0 Å². The number of amides is 1. The van der Waals surface area contributed by atoms with Crippen molar-refractivity contribution in [1.82, 2.24) is 4.90 Å². The highest BCUT2D eigenvalue weighted by atomic mass is 16.2. The molecule has 2 aliphatic heterocycles. The zero-order valence-electron chi connectivity index (χ0n) is 11.9. The number of nitrogens with two attached hydrogens (primary N) is 1. The van der Waals surface area contributed by atoms with E-state index in [0.29, 0.717) is 5.91 Å². The van der Waals surface area contributed by atoms with Crippen molar-refractivity contribution >= 4 is 17.3 Å². The Kier molecular flexibility index (Phi) is 3.81. The van der Waals surface area contributed by atoms with Gasteiger partial charge in [-0.25, -0.2) is 0 Å². The minimum absolute atomic E-state index is 0.166. The highest BCUT2D eigenvalue weighted by Gasteiger charge is 2.30. The molecule has 4 nitrogen and oxygen atoms in total. The van der Waals surface area contributed by atoms with Crippen molar-refractivity contribution in [2.45, 2.75) is 25.7 Å². The highest BCUT2D eigenvalue weighted by molar-refractivity contribution is 5.80. The molecule has 4 heteroatoms. The third-order valence-electron chi connectivity index (χ3n) is 4.45. The van der Waals surface area contributed by atoms with E-state index >= 15 is 0 Å². The maximum atomic E-state index is 12.5. The second-order valence-electron chi connectivity index (χ2n) is 5.91. The highest BCUT2D eigenvalue weighted by Crippen LogP contribution is 2.26. The van der Waals surface area contributed by atoms with Gasteiger partial charge in [0.05, 0.1) is 5.92 Å². The van der Waals surface area contributed by atoms with E-state index in [1.54, 1.807) is 0 Å². The molecule has 2 saturated heterocycles. The summed E-state index contributed by atoms with van der Waals surface area (Å²) in [7, 11) is 0. The van der Waals surface area contributed by atoms with Crippen LogP contribution in [0.1, 0.15) is 25.7 Å². The van der Waals surface area contributed by atoms with Gasteiger partial charge in [-0.05, 0) is 49.9 Å². The van der Waals surface area contributed by atoms with E-state index in [0.717, 1.165) is 44.7 Å². The van der Waals surface area contributed by atoms with E-state index in [-0.39, 0.29) is 5.92 Å². The van der Waals surface area contributed by atoms with Crippen molar-refractivity contribution in [3.63, 3.8) is 0 Å². The second kappa shape index (κ2) is 5.73. The average molecular weight is 273 g/mol. The molecule has 0 spiro atoms. The molecule has 1 atom stereocenters. The van der Waals surface area contributed by atoms with Crippen molar-refractivity contribution in [2.24, 2.45) is 5.92 Å². The number of anilines is 2. The Morgan fingerprint density at radius 3 is 2.45 bits per heavy atom. The lowest BCUT2D eigenvalue weighted by molar-refractivity contribution is -0.134. The summed E-state index contributed by atoms with van der Waals surface area (Å²) in [5.74, 6) is 0.530. The monoisotopic (exact) mass is 273 g/mol. The van der Waals surface area contributed by atoms with Crippen molar-refractivity contribution in [2.75, 3.05) is 36.8 Å². The molecule has 2 heterocycles. The minimum Gasteiger partial charge on any atom is -0.399 e. The number of nitrogen functional groups attached to an aromatic ring is 1. The summed E-state index contributed by atoms with van der Waals surface area (Å²) in [6.45, 7) is 3.79. The number of benzene rings is 1. The zero-order chi connectivity index (χ0) is 13.9. The number of carbonyl (C=O) groups excluding carboxylic acids is 1. The van der Waals surface area contributed by atoms with E-state index in [2.05, 4.69) is 21.9 Å². The fourth-order valence-electron chi connectivity index (χ4n) is 3.29. The van der Waals surface area contributed by atoms with Gasteiger partial charge in [0.2, 0.25) is 5.91 Å². The fourth-order valence-corrected chi connectivity index (χ4v) is 3.29. The van der Waals surface area contributed by atoms with E-state index in [1.807, 2.05) is 12.1 Å². The summed E-state index contributed by atoms with van der Waals surface area (Å²) < 4.78 is 0. The molecule has 1 amide bonds. The SMILES string of the molecule is Nc1ccc(N2CCCC(C(=O)N3CCCC3)C2)cc1. The second-order valence-corrected chi connectivity index (χ2v) is 5.91. The molecule has 108 valence electrons. The van der Waals surface area contributed by atoms with Crippen LogP contribution in [-0.2, 0) is 4.79 Å². The van der Waals surface area contributed by atoms with Crippen LogP contribution >= 0.6 is 0 Å². The third-order valence-corrected chi connectivity index (χ3v) is 4.45. The Labute approximate surface area is 120 Å². The topological polar surface area (TPSA) is 49.6 Å². The number of carbonyl (C=O) groups is 1. The smallest absolute Gasteiger partial charge is 0.227 e. The van der Waals surface area contributed by atoms with E-state index in [9.17, 15) is 4.79 Å². The Morgan fingerprint density at radius 1 is 1.05 bits per heavy atom. The number of nitrogens with zero attached hydrogens (tertiary/aromatic N) is 2. The van der Waals surface area contributed by atoms with Crippen LogP contribution in [0.2, 0.25) is 0 Å². The molecule has 2 aliphatic rings. The quantitative estimate of drug-likeness (QED) is 0.840. The summed E-state index contributed by atoms with van der Waals surface area (Å²) >= 11 is 0. The molecule has 2 fully saturated rings. The number of piperidine rings is 1. The standard InChI is InChI=1S/C16H23N3O/c17-14-5-7-15(8-6-14)19-11-3-4-13(12-19)16(20)18-9-1-2-10-18/h5-8,13H,1-4,9-12,17H2. The molecule has 20 heavy (non-hydrogen) atoms. The first-order chi connectivity index (χ1) is 9.74. The zero-order valence-corrected chi connectivity index (χ0v) is 11.9. The van der Waals surface area contributed by atoms with Crippen LogP contribution in [0.5, 0.6) is 0 Å². The van der Waals surface area contributed by atoms with E-state index in [4.69, 9.17) is 5.73 Å². The normalized spacial score (nSPS) is 23.1. The molecule has 0 radical (unpaired) electrons. The van der Waals surface area contributed by atoms with Gasteiger partial charge >= 0.3 is 0 Å². The molecule has 1 unspecified atom stereocenters. The summed E-state index contributed by atoms with van der Waals surface area (Å²) in [5.41, 5.74) is 7.70. The van der Waals surface area contributed by atoms with Crippen LogP contribution in [0.3, 0.4) is 0 Å². The van der Waals surface area contributed by atoms with Crippen molar-refractivity contribution < 1.29 is 4.79 Å². The number of hydrogen-bond acceptors (Lipinski definition) is 3. The molecule has 1 aromatic rings. The van der Waals surface area contributed by atoms with Gasteiger partial charge in [0, 0.05) is 37.6 Å². The van der Waals surface area contributed by atoms with Crippen LogP contribution in [0.25, 0.3) is 0 Å². The maximum Gasteiger partial charge on any atom is 0.227 e. The lowest BCUT2D eigenvalue weighted by Gasteiger charge is -2.35. The minimum atomic E-state index is 0.166. The van der Waals surface area contributed by atoms with Crippen molar-refractivity contribution in [1.29, 1.82) is 0 Å². The van der Waals surface area contributed by atoms with Gasteiger partial charge in [0.1, 0.15) is 0 Å². The average Bonchev–Trinajstić information content (AvgIpc) is 3.01. The first kappa shape index (κ1) is 13.3. The van der Waals surface area contributed by atoms with Crippen LogP contribution < -0.4 is 10.6 Å². The predicted molar refractivity (Wildman–Crippen MR) is 81.6 cm³/mol. The Morgan fingerprint density at radius 2 is 1.75 bits per heavy atom. The van der Waals surface area contributed by atoms with Crippen LogP contribution in [0.15, 0.2) is 24.3 Å². The van der Waals surface area contributed by atoms with Crippen LogP contribution in [-0.4, -0.2) is 37.0 Å². The summed E-state index contributed by atoms with van der Waals surface area (Å²) in [4.78, 5) is 16.9. The van der Waals surface area contributed by atoms with Gasteiger partial charge in [0.25, 0.3) is 0 Å². The number of rotatable bonds is 2.